The molecule has 2 N–H and O–H groups in total. The highest BCUT2D eigenvalue weighted by molar-refractivity contribution is 5.85. The van der Waals surface area contributed by atoms with Gasteiger partial charge in [-0.3, -0.25) is 14.4 Å². The molecular weight excluding hydrogens is 448 g/mol. The first-order valence-electron chi connectivity index (χ1n) is 11.4. The fourth-order valence-electron chi connectivity index (χ4n) is 4.31. The summed E-state index contributed by atoms with van der Waals surface area (Å²) in [6, 6.07) is 16.2. The van der Waals surface area contributed by atoms with Gasteiger partial charge in [-0.05, 0) is 42.2 Å². The summed E-state index contributed by atoms with van der Waals surface area (Å²) >= 11 is 0. The Bertz CT molecular complexity index is 1280. The number of hydrogen-bond donors (Lipinski definition) is 2. The van der Waals surface area contributed by atoms with E-state index in [1.54, 1.807) is 43.2 Å². The molecule has 1 atom stereocenters. The van der Waals surface area contributed by atoms with Crippen LogP contribution in [0.1, 0.15) is 40.5 Å². The molecule has 8 heteroatoms. The lowest BCUT2D eigenvalue weighted by Gasteiger charge is -2.29. The van der Waals surface area contributed by atoms with Crippen LogP contribution in [0.25, 0.3) is 0 Å². The maximum Gasteiger partial charge on any atom is 0.242 e. The SMILES string of the molecule is COc1ccc(C(CC(=O)NCC(=O)N2CCc3ccccc3C2)c2oc(C)cc(=O)c2O)cc1. The fraction of sp³-hybridized carbons (Fsp3) is 0.296. The van der Waals surface area contributed by atoms with Gasteiger partial charge in [0, 0.05) is 25.6 Å². The number of hydrogen-bond acceptors (Lipinski definition) is 6. The summed E-state index contributed by atoms with van der Waals surface area (Å²) in [6.45, 7) is 2.58. The molecule has 2 heterocycles. The van der Waals surface area contributed by atoms with E-state index in [9.17, 15) is 19.5 Å². The quantitative estimate of drug-likeness (QED) is 0.543. The molecule has 3 aromatic rings. The Morgan fingerprint density at radius 1 is 1.14 bits per heavy atom. The summed E-state index contributed by atoms with van der Waals surface area (Å²) in [4.78, 5) is 39.5. The number of carbonyl (C=O) groups excluding carboxylic acids is 2. The van der Waals surface area contributed by atoms with Crippen LogP contribution in [0.3, 0.4) is 0 Å². The summed E-state index contributed by atoms with van der Waals surface area (Å²) < 4.78 is 10.9. The number of fused-ring (bicyclic) bond motifs is 1. The van der Waals surface area contributed by atoms with Crippen molar-refractivity contribution in [2.24, 2.45) is 0 Å². The summed E-state index contributed by atoms with van der Waals surface area (Å²) in [5, 5.41) is 13.1. The van der Waals surface area contributed by atoms with Crippen LogP contribution in [0.15, 0.2) is 63.8 Å². The number of ether oxygens (including phenoxy) is 1. The molecule has 1 aliphatic heterocycles. The molecule has 2 amide bonds. The Morgan fingerprint density at radius 3 is 2.57 bits per heavy atom. The predicted octanol–water partition coefficient (Wildman–Crippen LogP) is 2.89. The van der Waals surface area contributed by atoms with Crippen LogP contribution >= 0.6 is 0 Å². The first kappa shape index (κ1) is 24.1. The van der Waals surface area contributed by atoms with Crippen LogP contribution < -0.4 is 15.5 Å². The second-order valence-electron chi connectivity index (χ2n) is 8.57. The predicted molar refractivity (Wildman–Crippen MR) is 129 cm³/mol. The van der Waals surface area contributed by atoms with Gasteiger partial charge in [-0.25, -0.2) is 0 Å². The van der Waals surface area contributed by atoms with Crippen molar-refractivity contribution in [3.05, 3.63) is 93.0 Å². The molecule has 1 unspecified atom stereocenters. The lowest BCUT2D eigenvalue weighted by molar-refractivity contribution is -0.133. The van der Waals surface area contributed by atoms with Crippen molar-refractivity contribution < 1.29 is 23.8 Å². The van der Waals surface area contributed by atoms with Gasteiger partial charge in [0.2, 0.25) is 23.0 Å². The zero-order valence-electron chi connectivity index (χ0n) is 19.7. The minimum atomic E-state index is -0.731. The minimum absolute atomic E-state index is 0.00859. The largest absolute Gasteiger partial charge is 0.502 e. The number of rotatable bonds is 7. The highest BCUT2D eigenvalue weighted by Crippen LogP contribution is 2.33. The van der Waals surface area contributed by atoms with Crippen molar-refractivity contribution in [3.63, 3.8) is 0 Å². The van der Waals surface area contributed by atoms with Gasteiger partial charge in [0.25, 0.3) is 0 Å². The zero-order valence-corrected chi connectivity index (χ0v) is 19.7. The molecule has 0 bridgehead atoms. The van der Waals surface area contributed by atoms with Crippen molar-refractivity contribution >= 4 is 11.8 Å². The van der Waals surface area contributed by atoms with Crippen LogP contribution in [0.4, 0.5) is 0 Å². The molecule has 0 spiro atoms. The molecule has 182 valence electrons. The number of carbonyl (C=O) groups is 2. The third kappa shape index (κ3) is 5.54. The summed E-state index contributed by atoms with van der Waals surface area (Å²) in [5.41, 5.74) is 2.43. The van der Waals surface area contributed by atoms with Crippen LogP contribution in [0.5, 0.6) is 11.5 Å². The van der Waals surface area contributed by atoms with Gasteiger partial charge in [0.05, 0.1) is 19.6 Å². The molecule has 1 aliphatic rings. The number of benzene rings is 2. The van der Waals surface area contributed by atoms with Gasteiger partial charge >= 0.3 is 0 Å². The highest BCUT2D eigenvalue weighted by atomic mass is 16.5. The van der Waals surface area contributed by atoms with E-state index in [0.29, 0.717) is 30.2 Å². The van der Waals surface area contributed by atoms with Crippen LogP contribution in [0, 0.1) is 6.92 Å². The molecule has 2 aromatic carbocycles. The van der Waals surface area contributed by atoms with Gasteiger partial charge in [-0.1, -0.05) is 36.4 Å². The summed E-state index contributed by atoms with van der Waals surface area (Å²) in [6.07, 6.45) is 0.656. The Kier molecular flexibility index (Phi) is 7.19. The van der Waals surface area contributed by atoms with Crippen LogP contribution in [-0.4, -0.2) is 42.0 Å². The van der Waals surface area contributed by atoms with Crippen molar-refractivity contribution in [2.45, 2.75) is 32.2 Å². The molecule has 0 saturated carbocycles. The normalized spacial score (nSPS) is 13.6. The van der Waals surface area contributed by atoms with Crippen LogP contribution in [0.2, 0.25) is 0 Å². The van der Waals surface area contributed by atoms with E-state index in [4.69, 9.17) is 9.15 Å². The summed E-state index contributed by atoms with van der Waals surface area (Å²) in [7, 11) is 1.54. The van der Waals surface area contributed by atoms with Gasteiger partial charge < -0.3 is 24.5 Å². The van der Waals surface area contributed by atoms with Gasteiger partial charge in [0.15, 0.2) is 5.76 Å². The third-order valence-corrected chi connectivity index (χ3v) is 6.22. The molecule has 0 saturated heterocycles. The van der Waals surface area contributed by atoms with Crippen molar-refractivity contribution in [1.82, 2.24) is 10.2 Å². The van der Waals surface area contributed by atoms with E-state index in [2.05, 4.69) is 11.4 Å². The third-order valence-electron chi connectivity index (χ3n) is 6.22. The lowest BCUT2D eigenvalue weighted by atomic mass is 9.91. The monoisotopic (exact) mass is 476 g/mol. The lowest BCUT2D eigenvalue weighted by Crippen LogP contribution is -2.42. The zero-order chi connectivity index (χ0) is 24.9. The number of aromatic hydroxyl groups is 1. The molecule has 8 nitrogen and oxygen atoms in total. The second-order valence-corrected chi connectivity index (χ2v) is 8.57. The number of methoxy groups -OCH3 is 1. The first-order valence-corrected chi connectivity index (χ1v) is 11.4. The minimum Gasteiger partial charge on any atom is -0.502 e. The highest BCUT2D eigenvalue weighted by Gasteiger charge is 2.27. The standard InChI is InChI=1S/C27H28N2O6/c1-17-13-23(30)26(33)27(35-17)22(19-7-9-21(34-2)10-8-19)14-24(31)28-15-25(32)29-12-11-18-5-3-4-6-20(18)16-29/h3-10,13,22,33H,11-12,14-16H2,1-2H3,(H,28,31). The van der Waals surface area contributed by atoms with E-state index < -0.39 is 23.0 Å². The first-order chi connectivity index (χ1) is 16.9. The van der Waals surface area contributed by atoms with Crippen molar-refractivity contribution in [1.29, 1.82) is 0 Å². The van der Waals surface area contributed by atoms with E-state index in [1.807, 2.05) is 18.2 Å². The van der Waals surface area contributed by atoms with E-state index in [1.165, 1.54) is 11.6 Å². The van der Waals surface area contributed by atoms with E-state index >= 15 is 0 Å². The summed E-state index contributed by atoms with van der Waals surface area (Å²) in [5.74, 6) is -0.881. The smallest absolute Gasteiger partial charge is 0.242 e. The average molecular weight is 477 g/mol. The Hall–Kier alpha value is -4.07. The van der Waals surface area contributed by atoms with Crippen LogP contribution in [-0.2, 0) is 22.6 Å². The molecule has 0 radical (unpaired) electrons. The van der Waals surface area contributed by atoms with Gasteiger partial charge in [-0.2, -0.15) is 0 Å². The average Bonchev–Trinajstić information content (AvgIpc) is 2.88. The fourth-order valence-corrected chi connectivity index (χ4v) is 4.31. The van der Waals surface area contributed by atoms with Crippen molar-refractivity contribution in [3.8, 4) is 11.5 Å². The Labute approximate surface area is 203 Å². The molecule has 35 heavy (non-hydrogen) atoms. The Morgan fingerprint density at radius 2 is 1.86 bits per heavy atom. The maximum atomic E-state index is 12.9. The number of nitrogens with one attached hydrogen (secondary N) is 1. The van der Waals surface area contributed by atoms with Crippen molar-refractivity contribution in [2.75, 3.05) is 20.2 Å². The topological polar surface area (TPSA) is 109 Å². The number of nitrogens with zero attached hydrogens (tertiary/aromatic N) is 1. The molecule has 1 aromatic heterocycles. The molecule has 0 aliphatic carbocycles. The second kappa shape index (κ2) is 10.5. The number of aryl methyl sites for hydroxylation is 1. The van der Waals surface area contributed by atoms with Gasteiger partial charge in [-0.15, -0.1) is 0 Å². The molecular formula is C27H28N2O6. The molecule has 4 rings (SSSR count). The molecule has 0 fully saturated rings. The van der Waals surface area contributed by atoms with Gasteiger partial charge in [0.1, 0.15) is 11.5 Å². The van der Waals surface area contributed by atoms with E-state index in [0.717, 1.165) is 12.0 Å². The number of amides is 2. The van der Waals surface area contributed by atoms with E-state index in [-0.39, 0.29) is 24.6 Å². The maximum absolute atomic E-state index is 12.9. The Balaban J connectivity index is 1.47.